The molecule has 0 aliphatic heterocycles. The van der Waals surface area contributed by atoms with Gasteiger partial charge in [-0.15, -0.1) is 0 Å². The van der Waals surface area contributed by atoms with Crippen molar-refractivity contribution in [1.82, 2.24) is 10.3 Å². The first-order chi connectivity index (χ1) is 9.72. The molecular weight excluding hydrogens is 272 g/mol. The molecule has 0 radical (unpaired) electrons. The van der Waals surface area contributed by atoms with Crippen LogP contribution in [-0.2, 0) is 6.54 Å². The molecular formula is C15H25ClN4. The number of nitrogens with zero attached hydrogens (tertiary/aromatic N) is 2. The van der Waals surface area contributed by atoms with Gasteiger partial charge in [0.15, 0.2) is 5.96 Å². The minimum atomic E-state index is 0.492. The van der Waals surface area contributed by atoms with Crippen LogP contribution in [0.1, 0.15) is 51.0 Å². The molecule has 1 rings (SSSR count). The Balaban J connectivity index is 2.11. The summed E-state index contributed by atoms with van der Waals surface area (Å²) in [5, 5.41) is 3.63. The average molecular weight is 297 g/mol. The van der Waals surface area contributed by atoms with Crippen molar-refractivity contribution >= 4 is 17.6 Å². The maximum Gasteiger partial charge on any atom is 0.188 e. The van der Waals surface area contributed by atoms with Gasteiger partial charge in [0.05, 0.1) is 6.54 Å². The summed E-state index contributed by atoms with van der Waals surface area (Å²) in [6.07, 6.45) is 9.38. The number of aromatic nitrogens is 1. The van der Waals surface area contributed by atoms with E-state index < -0.39 is 0 Å². The smallest absolute Gasteiger partial charge is 0.188 e. The maximum atomic E-state index is 5.81. The third-order valence-electron chi connectivity index (χ3n) is 3.06. The van der Waals surface area contributed by atoms with E-state index in [0.717, 1.165) is 18.5 Å². The Morgan fingerprint density at radius 3 is 2.70 bits per heavy atom. The van der Waals surface area contributed by atoms with E-state index in [9.17, 15) is 0 Å². The predicted molar refractivity (Wildman–Crippen MR) is 86.0 cm³/mol. The highest BCUT2D eigenvalue weighted by atomic mass is 35.5. The molecule has 0 unspecified atom stereocenters. The molecule has 0 fully saturated rings. The Hall–Kier alpha value is -1.29. The number of pyridine rings is 1. The lowest BCUT2D eigenvalue weighted by Crippen LogP contribution is -2.32. The second-order valence-electron chi connectivity index (χ2n) is 4.89. The van der Waals surface area contributed by atoms with Crippen molar-refractivity contribution in [2.75, 3.05) is 6.54 Å². The minimum absolute atomic E-state index is 0.492. The second-order valence-corrected chi connectivity index (χ2v) is 5.27. The highest BCUT2D eigenvalue weighted by Crippen LogP contribution is 2.06. The van der Waals surface area contributed by atoms with Gasteiger partial charge < -0.3 is 11.1 Å². The number of hydrogen-bond donors (Lipinski definition) is 2. The van der Waals surface area contributed by atoms with E-state index in [1.165, 1.54) is 32.1 Å². The number of halogens is 1. The maximum absolute atomic E-state index is 5.81. The van der Waals surface area contributed by atoms with Gasteiger partial charge >= 0.3 is 0 Å². The van der Waals surface area contributed by atoms with E-state index in [0.29, 0.717) is 17.7 Å². The van der Waals surface area contributed by atoms with Gasteiger partial charge in [-0.2, -0.15) is 0 Å². The molecule has 1 aromatic rings. The standard InChI is InChI=1S/C15H25ClN4/c1-2-3-4-5-6-7-10-18-15(17)20-12-13-8-9-14(16)19-11-13/h8-9,11H,2-7,10,12H2,1H3,(H3,17,18,20). The predicted octanol–water partition coefficient (Wildman–Crippen LogP) is 3.50. The highest BCUT2D eigenvalue weighted by molar-refractivity contribution is 6.29. The van der Waals surface area contributed by atoms with Crippen LogP contribution >= 0.6 is 11.6 Å². The van der Waals surface area contributed by atoms with Gasteiger partial charge in [0.1, 0.15) is 5.15 Å². The van der Waals surface area contributed by atoms with Crippen molar-refractivity contribution in [3.63, 3.8) is 0 Å². The van der Waals surface area contributed by atoms with Crippen LogP contribution in [0.3, 0.4) is 0 Å². The molecule has 0 aliphatic carbocycles. The first kappa shape index (κ1) is 16.8. The van der Waals surface area contributed by atoms with Crippen LogP contribution in [-0.4, -0.2) is 17.5 Å². The Morgan fingerprint density at radius 2 is 2.00 bits per heavy atom. The van der Waals surface area contributed by atoms with Crippen LogP contribution in [0.2, 0.25) is 5.15 Å². The largest absolute Gasteiger partial charge is 0.370 e. The molecule has 4 nitrogen and oxygen atoms in total. The molecule has 0 bridgehead atoms. The lowest BCUT2D eigenvalue weighted by molar-refractivity contribution is 0.601. The molecule has 0 saturated carbocycles. The molecule has 0 aromatic carbocycles. The van der Waals surface area contributed by atoms with E-state index in [1.807, 2.05) is 6.07 Å². The first-order valence-corrected chi connectivity index (χ1v) is 7.74. The Labute approximate surface area is 126 Å². The number of nitrogens with two attached hydrogens (primary N) is 1. The summed E-state index contributed by atoms with van der Waals surface area (Å²) < 4.78 is 0. The topological polar surface area (TPSA) is 63.3 Å². The molecule has 20 heavy (non-hydrogen) atoms. The van der Waals surface area contributed by atoms with Crippen molar-refractivity contribution in [3.05, 3.63) is 29.0 Å². The SMILES string of the molecule is CCCCCCCCNC(N)=NCc1ccc(Cl)nc1. The number of rotatable bonds is 9. The van der Waals surface area contributed by atoms with Gasteiger partial charge in [-0.3, -0.25) is 0 Å². The highest BCUT2D eigenvalue weighted by Gasteiger charge is 1.95. The molecule has 0 aliphatic rings. The fourth-order valence-electron chi connectivity index (χ4n) is 1.85. The zero-order chi connectivity index (χ0) is 14.6. The zero-order valence-corrected chi connectivity index (χ0v) is 13.0. The summed E-state index contributed by atoms with van der Waals surface area (Å²) in [5.41, 5.74) is 6.81. The Kier molecular flexibility index (Phi) is 8.79. The molecule has 0 atom stereocenters. The average Bonchev–Trinajstić information content (AvgIpc) is 2.46. The van der Waals surface area contributed by atoms with E-state index >= 15 is 0 Å². The van der Waals surface area contributed by atoms with Crippen LogP contribution < -0.4 is 11.1 Å². The van der Waals surface area contributed by atoms with Crippen molar-refractivity contribution in [2.45, 2.75) is 52.0 Å². The molecule has 1 heterocycles. The third-order valence-corrected chi connectivity index (χ3v) is 3.28. The number of aliphatic imine (C=N–C) groups is 1. The fourth-order valence-corrected chi connectivity index (χ4v) is 1.97. The summed E-state index contributed by atoms with van der Waals surface area (Å²) >= 11 is 5.72. The van der Waals surface area contributed by atoms with E-state index in [1.54, 1.807) is 12.3 Å². The van der Waals surface area contributed by atoms with Gasteiger partial charge in [0.25, 0.3) is 0 Å². The summed E-state index contributed by atoms with van der Waals surface area (Å²) in [7, 11) is 0. The number of hydrogen-bond acceptors (Lipinski definition) is 2. The number of nitrogens with one attached hydrogen (secondary N) is 1. The third kappa shape index (κ3) is 8.00. The van der Waals surface area contributed by atoms with Crippen LogP contribution in [0.5, 0.6) is 0 Å². The van der Waals surface area contributed by atoms with Crippen molar-refractivity contribution in [2.24, 2.45) is 10.7 Å². The summed E-state index contributed by atoms with van der Waals surface area (Å²) in [6, 6.07) is 3.66. The van der Waals surface area contributed by atoms with Crippen molar-refractivity contribution < 1.29 is 0 Å². The van der Waals surface area contributed by atoms with Gasteiger partial charge in [0.2, 0.25) is 0 Å². The van der Waals surface area contributed by atoms with E-state index in [4.69, 9.17) is 17.3 Å². The molecule has 1 aromatic heterocycles. The normalized spacial score (nSPS) is 11.6. The van der Waals surface area contributed by atoms with Gasteiger partial charge in [-0.25, -0.2) is 9.98 Å². The van der Waals surface area contributed by atoms with Gasteiger partial charge in [0, 0.05) is 12.7 Å². The molecule has 5 heteroatoms. The second kappa shape index (κ2) is 10.5. The molecule has 0 spiro atoms. The number of unbranched alkanes of at least 4 members (excludes halogenated alkanes) is 5. The van der Waals surface area contributed by atoms with Crippen LogP contribution in [0, 0.1) is 0 Å². The lowest BCUT2D eigenvalue weighted by atomic mass is 10.1. The molecule has 0 amide bonds. The lowest BCUT2D eigenvalue weighted by Gasteiger charge is -2.05. The summed E-state index contributed by atoms with van der Waals surface area (Å²) in [5.74, 6) is 0.494. The van der Waals surface area contributed by atoms with Crippen molar-refractivity contribution in [1.29, 1.82) is 0 Å². The first-order valence-electron chi connectivity index (χ1n) is 7.36. The van der Waals surface area contributed by atoms with E-state index in [-0.39, 0.29) is 0 Å². The van der Waals surface area contributed by atoms with E-state index in [2.05, 4.69) is 22.2 Å². The summed E-state index contributed by atoms with van der Waals surface area (Å²) in [6.45, 7) is 3.65. The quantitative estimate of drug-likeness (QED) is 0.317. The zero-order valence-electron chi connectivity index (χ0n) is 12.2. The summed E-state index contributed by atoms with van der Waals surface area (Å²) in [4.78, 5) is 8.27. The van der Waals surface area contributed by atoms with Crippen LogP contribution in [0.4, 0.5) is 0 Å². The minimum Gasteiger partial charge on any atom is -0.370 e. The fraction of sp³-hybridized carbons (Fsp3) is 0.600. The Morgan fingerprint density at radius 1 is 1.25 bits per heavy atom. The van der Waals surface area contributed by atoms with Crippen LogP contribution in [0.15, 0.2) is 23.3 Å². The molecule has 3 N–H and O–H groups in total. The van der Waals surface area contributed by atoms with Gasteiger partial charge in [-0.1, -0.05) is 56.7 Å². The van der Waals surface area contributed by atoms with Crippen molar-refractivity contribution in [3.8, 4) is 0 Å². The molecule has 0 saturated heterocycles. The monoisotopic (exact) mass is 296 g/mol. The van der Waals surface area contributed by atoms with Gasteiger partial charge in [-0.05, 0) is 18.1 Å². The Bertz CT molecular complexity index is 389. The number of guanidine groups is 1. The molecule has 112 valence electrons. The van der Waals surface area contributed by atoms with Crippen LogP contribution in [0.25, 0.3) is 0 Å².